The van der Waals surface area contributed by atoms with Crippen LogP contribution in [0, 0.1) is 0 Å². The van der Waals surface area contributed by atoms with E-state index in [0.29, 0.717) is 0 Å². The van der Waals surface area contributed by atoms with Crippen molar-refractivity contribution in [2.24, 2.45) is 4.99 Å². The van der Waals surface area contributed by atoms with Crippen molar-refractivity contribution in [2.45, 2.75) is 19.3 Å². The third-order valence-electron chi connectivity index (χ3n) is 3.33. The van der Waals surface area contributed by atoms with Gasteiger partial charge in [0.15, 0.2) is 0 Å². The number of rotatable bonds is 1. The highest BCUT2D eigenvalue weighted by atomic mass is 14.8. The average molecular weight is 221 g/mol. The fourth-order valence-electron chi connectivity index (χ4n) is 2.29. The molecule has 1 nitrogen and oxygen atoms in total. The fraction of sp³-hybridized carbons (Fsp3) is 0.188. The maximum Gasteiger partial charge on any atom is 0.0673 e. The van der Waals surface area contributed by atoms with Gasteiger partial charge >= 0.3 is 0 Å². The third kappa shape index (κ3) is 1.68. The summed E-state index contributed by atoms with van der Waals surface area (Å²) in [5, 5.41) is 0. The van der Waals surface area contributed by atoms with Gasteiger partial charge in [0.05, 0.1) is 5.69 Å². The van der Waals surface area contributed by atoms with Crippen molar-refractivity contribution in [3.05, 3.63) is 54.1 Å². The van der Waals surface area contributed by atoms with Crippen molar-refractivity contribution >= 4 is 11.9 Å². The summed E-state index contributed by atoms with van der Waals surface area (Å²) in [6.07, 6.45) is 2.03. The Labute approximate surface area is 102 Å². The maximum atomic E-state index is 4.51. The van der Waals surface area contributed by atoms with Crippen LogP contribution in [0.5, 0.6) is 0 Å². The van der Waals surface area contributed by atoms with Gasteiger partial charge < -0.3 is 0 Å². The zero-order valence-electron chi connectivity index (χ0n) is 10.1. The summed E-state index contributed by atoms with van der Waals surface area (Å²) in [4.78, 5) is 4.51. The number of benzene rings is 2. The Bertz CT molecular complexity index is 580. The lowest BCUT2D eigenvalue weighted by Gasteiger charge is -2.15. The van der Waals surface area contributed by atoms with Crippen molar-refractivity contribution < 1.29 is 0 Å². The lowest BCUT2D eigenvalue weighted by Crippen LogP contribution is -2.14. The SMILES string of the molecule is CC1(C)C=Nc2cc(-c3ccccc3)ccc21. The summed E-state index contributed by atoms with van der Waals surface area (Å²) < 4.78 is 0. The largest absolute Gasteiger partial charge is 0.260 e. The molecule has 0 fully saturated rings. The second kappa shape index (κ2) is 3.56. The van der Waals surface area contributed by atoms with Crippen molar-refractivity contribution in [3.63, 3.8) is 0 Å². The highest BCUT2D eigenvalue weighted by Crippen LogP contribution is 2.38. The number of fused-ring (bicyclic) bond motifs is 1. The lowest BCUT2D eigenvalue weighted by atomic mass is 9.86. The predicted molar refractivity (Wildman–Crippen MR) is 73.1 cm³/mol. The standard InChI is InChI=1S/C16H15N/c1-16(2)11-17-15-10-13(8-9-14(15)16)12-6-4-3-5-7-12/h3-11H,1-2H3. The van der Waals surface area contributed by atoms with Crippen molar-refractivity contribution in [2.75, 3.05) is 0 Å². The van der Waals surface area contributed by atoms with Crippen molar-refractivity contribution in [1.82, 2.24) is 0 Å². The molecule has 0 bridgehead atoms. The molecular weight excluding hydrogens is 206 g/mol. The molecule has 0 aliphatic carbocycles. The van der Waals surface area contributed by atoms with Crippen LogP contribution >= 0.6 is 0 Å². The highest BCUT2D eigenvalue weighted by molar-refractivity contribution is 5.86. The van der Waals surface area contributed by atoms with E-state index in [1.165, 1.54) is 16.7 Å². The molecule has 0 atom stereocenters. The number of aliphatic imine (C=N–C) groups is 1. The Balaban J connectivity index is 2.10. The molecule has 0 spiro atoms. The van der Waals surface area contributed by atoms with Crippen molar-refractivity contribution in [1.29, 1.82) is 0 Å². The average Bonchev–Trinajstić information content (AvgIpc) is 2.66. The first-order chi connectivity index (χ1) is 8.17. The first kappa shape index (κ1) is 10.3. The molecule has 0 amide bonds. The maximum absolute atomic E-state index is 4.51. The summed E-state index contributed by atoms with van der Waals surface area (Å²) in [6, 6.07) is 17.0. The lowest BCUT2D eigenvalue weighted by molar-refractivity contribution is 0.753. The van der Waals surface area contributed by atoms with E-state index >= 15 is 0 Å². The van der Waals surface area contributed by atoms with Crippen LogP contribution in [0.15, 0.2) is 53.5 Å². The molecule has 17 heavy (non-hydrogen) atoms. The first-order valence-corrected chi connectivity index (χ1v) is 5.92. The van der Waals surface area contributed by atoms with Crippen LogP contribution in [0.25, 0.3) is 11.1 Å². The minimum absolute atomic E-state index is 0.0740. The monoisotopic (exact) mass is 221 g/mol. The Morgan fingerprint density at radius 2 is 1.65 bits per heavy atom. The molecule has 0 radical (unpaired) electrons. The van der Waals surface area contributed by atoms with E-state index in [0.717, 1.165) is 5.69 Å². The van der Waals surface area contributed by atoms with E-state index in [9.17, 15) is 0 Å². The van der Waals surface area contributed by atoms with Gasteiger partial charge in [-0.15, -0.1) is 0 Å². The molecule has 1 heteroatoms. The Morgan fingerprint density at radius 1 is 0.882 bits per heavy atom. The molecule has 0 aromatic heterocycles. The molecule has 84 valence electrons. The van der Waals surface area contributed by atoms with Crippen LogP contribution in [0.2, 0.25) is 0 Å². The molecule has 1 heterocycles. The molecule has 0 saturated heterocycles. The van der Waals surface area contributed by atoms with Crippen molar-refractivity contribution in [3.8, 4) is 11.1 Å². The fourth-order valence-corrected chi connectivity index (χ4v) is 2.29. The van der Waals surface area contributed by atoms with Gasteiger partial charge in [-0.3, -0.25) is 4.99 Å². The predicted octanol–water partition coefficient (Wildman–Crippen LogP) is 4.35. The van der Waals surface area contributed by atoms with Gasteiger partial charge in [0.25, 0.3) is 0 Å². The van der Waals surface area contributed by atoms with Crippen LogP contribution in [0.3, 0.4) is 0 Å². The smallest absolute Gasteiger partial charge is 0.0673 e. The Kier molecular flexibility index (Phi) is 2.15. The van der Waals surface area contributed by atoms with Gasteiger partial charge in [0, 0.05) is 11.6 Å². The van der Waals surface area contributed by atoms with E-state index < -0.39 is 0 Å². The summed E-state index contributed by atoms with van der Waals surface area (Å²) in [5.74, 6) is 0. The number of hydrogen-bond donors (Lipinski definition) is 0. The van der Waals surface area contributed by atoms with E-state index in [2.05, 4.69) is 61.3 Å². The zero-order valence-corrected chi connectivity index (χ0v) is 10.1. The number of hydrogen-bond acceptors (Lipinski definition) is 1. The molecule has 2 aromatic carbocycles. The summed E-state index contributed by atoms with van der Waals surface area (Å²) in [5.41, 5.74) is 4.98. The molecule has 0 N–H and O–H groups in total. The van der Waals surface area contributed by atoms with Crippen LogP contribution in [-0.4, -0.2) is 6.21 Å². The zero-order chi connectivity index (χ0) is 11.9. The Morgan fingerprint density at radius 3 is 2.41 bits per heavy atom. The van der Waals surface area contributed by atoms with E-state index in [4.69, 9.17) is 0 Å². The molecule has 1 aliphatic rings. The Hall–Kier alpha value is -1.89. The second-order valence-corrected chi connectivity index (χ2v) is 5.08. The molecule has 2 aromatic rings. The minimum atomic E-state index is 0.0740. The minimum Gasteiger partial charge on any atom is -0.260 e. The molecular formula is C16H15N. The van der Waals surface area contributed by atoms with Crippen LogP contribution in [0.4, 0.5) is 5.69 Å². The quantitative estimate of drug-likeness (QED) is 0.679. The molecule has 3 rings (SSSR count). The number of nitrogens with zero attached hydrogens (tertiary/aromatic N) is 1. The highest BCUT2D eigenvalue weighted by Gasteiger charge is 2.26. The summed E-state index contributed by atoms with van der Waals surface area (Å²) >= 11 is 0. The van der Waals surface area contributed by atoms with Crippen LogP contribution in [0.1, 0.15) is 19.4 Å². The topological polar surface area (TPSA) is 12.4 Å². The van der Waals surface area contributed by atoms with Gasteiger partial charge in [-0.2, -0.15) is 0 Å². The van der Waals surface area contributed by atoms with Crippen LogP contribution < -0.4 is 0 Å². The molecule has 0 saturated carbocycles. The van der Waals surface area contributed by atoms with Gasteiger partial charge in [-0.1, -0.05) is 56.3 Å². The normalized spacial score (nSPS) is 15.9. The van der Waals surface area contributed by atoms with E-state index in [1.54, 1.807) is 0 Å². The summed E-state index contributed by atoms with van der Waals surface area (Å²) in [6.45, 7) is 4.40. The molecule has 1 aliphatic heterocycles. The van der Waals surface area contributed by atoms with Gasteiger partial charge in [0.2, 0.25) is 0 Å². The second-order valence-electron chi connectivity index (χ2n) is 5.08. The van der Waals surface area contributed by atoms with Gasteiger partial charge in [-0.05, 0) is 22.8 Å². The molecule has 0 unspecified atom stereocenters. The van der Waals surface area contributed by atoms with E-state index in [-0.39, 0.29) is 5.41 Å². The third-order valence-corrected chi connectivity index (χ3v) is 3.33. The summed E-state index contributed by atoms with van der Waals surface area (Å²) in [7, 11) is 0. The van der Waals surface area contributed by atoms with Gasteiger partial charge in [0.1, 0.15) is 0 Å². The first-order valence-electron chi connectivity index (χ1n) is 5.92. The van der Waals surface area contributed by atoms with Crippen LogP contribution in [-0.2, 0) is 5.41 Å². The van der Waals surface area contributed by atoms with E-state index in [1.807, 2.05) is 12.3 Å². The van der Waals surface area contributed by atoms with Gasteiger partial charge in [-0.25, -0.2) is 0 Å².